The molecule has 1 amide bonds. The van der Waals surface area contributed by atoms with Crippen LogP contribution in [0, 0.1) is 0 Å². The first-order valence-electron chi connectivity index (χ1n) is 10.6. The Kier molecular flexibility index (Phi) is 6.65. The second kappa shape index (κ2) is 9.42. The summed E-state index contributed by atoms with van der Waals surface area (Å²) in [7, 11) is -3.47. The number of anilines is 2. The molecule has 0 unspecified atom stereocenters. The number of hydrogen-bond acceptors (Lipinski definition) is 4. The largest absolute Gasteiger partial charge is 0.370 e. The number of sulfonamides is 1. The van der Waals surface area contributed by atoms with E-state index in [2.05, 4.69) is 14.9 Å². The number of carbonyl (C=O) groups excluding carboxylic acids is 1. The van der Waals surface area contributed by atoms with Gasteiger partial charge in [-0.25, -0.2) is 13.1 Å². The predicted octanol–water partition coefficient (Wildman–Crippen LogP) is 4.42. The first-order chi connectivity index (χ1) is 14.9. The lowest BCUT2D eigenvalue weighted by molar-refractivity contribution is -0.111. The van der Waals surface area contributed by atoms with Crippen LogP contribution in [0.15, 0.2) is 53.4 Å². The molecule has 0 radical (unpaired) electrons. The van der Waals surface area contributed by atoms with Gasteiger partial charge in [-0.05, 0) is 74.1 Å². The van der Waals surface area contributed by atoms with Crippen molar-refractivity contribution in [3.8, 4) is 0 Å². The van der Waals surface area contributed by atoms with Crippen LogP contribution in [0.25, 0.3) is 6.08 Å². The highest BCUT2D eigenvalue weighted by atomic mass is 35.5. The zero-order valence-corrected chi connectivity index (χ0v) is 18.8. The second-order valence-electron chi connectivity index (χ2n) is 8.00. The van der Waals surface area contributed by atoms with Crippen LogP contribution in [0.5, 0.6) is 0 Å². The molecular formula is C23H26ClN3O3S. The van der Waals surface area contributed by atoms with Gasteiger partial charge in [0.2, 0.25) is 15.9 Å². The summed E-state index contributed by atoms with van der Waals surface area (Å²) in [5.74, 6) is -0.283. The highest BCUT2D eigenvalue weighted by Gasteiger charge is 2.27. The van der Waals surface area contributed by atoms with Gasteiger partial charge in [-0.1, -0.05) is 23.7 Å². The Morgan fingerprint density at radius 2 is 1.74 bits per heavy atom. The quantitative estimate of drug-likeness (QED) is 0.600. The molecule has 0 bridgehead atoms. The Morgan fingerprint density at radius 3 is 2.39 bits per heavy atom. The average Bonchev–Trinajstić information content (AvgIpc) is 3.57. The fraction of sp³-hybridized carbons (Fsp3) is 0.348. The third-order valence-corrected chi connectivity index (χ3v) is 7.27. The molecule has 31 heavy (non-hydrogen) atoms. The molecule has 2 aliphatic rings. The molecule has 2 aromatic carbocycles. The van der Waals surface area contributed by atoms with E-state index < -0.39 is 10.0 Å². The molecule has 8 heteroatoms. The van der Waals surface area contributed by atoms with Crippen LogP contribution in [0.2, 0.25) is 5.02 Å². The lowest BCUT2D eigenvalue weighted by Gasteiger charge is -2.29. The van der Waals surface area contributed by atoms with E-state index in [1.165, 1.54) is 25.3 Å². The summed E-state index contributed by atoms with van der Waals surface area (Å²) in [5.41, 5.74) is 2.37. The highest BCUT2D eigenvalue weighted by Crippen LogP contribution is 2.31. The van der Waals surface area contributed by atoms with Gasteiger partial charge in [-0.2, -0.15) is 0 Å². The molecule has 164 valence electrons. The molecule has 0 atom stereocenters. The van der Waals surface area contributed by atoms with E-state index in [1.807, 2.05) is 12.1 Å². The standard InChI is InChI=1S/C23H26ClN3O3S/c24-21-16-19(9-12-22(21)27-14-2-1-3-15-27)25-23(28)13-6-17-4-10-20(11-5-17)31(29,30)26-18-7-8-18/h4-6,9-13,16,18,26H,1-3,7-8,14-15H2,(H,25,28)/b13-6+. The van der Waals surface area contributed by atoms with Crippen LogP contribution in [0.4, 0.5) is 11.4 Å². The van der Waals surface area contributed by atoms with Gasteiger partial charge < -0.3 is 10.2 Å². The molecule has 6 nitrogen and oxygen atoms in total. The van der Waals surface area contributed by atoms with Crippen LogP contribution in [0.3, 0.4) is 0 Å². The molecule has 1 heterocycles. The van der Waals surface area contributed by atoms with Crippen molar-refractivity contribution < 1.29 is 13.2 Å². The number of piperidine rings is 1. The summed E-state index contributed by atoms with van der Waals surface area (Å²) in [6, 6.07) is 12.1. The monoisotopic (exact) mass is 459 g/mol. The van der Waals surface area contributed by atoms with E-state index in [4.69, 9.17) is 11.6 Å². The van der Waals surface area contributed by atoms with Crippen molar-refractivity contribution in [1.82, 2.24) is 4.72 Å². The Labute approximate surface area is 188 Å². The number of amides is 1. The summed E-state index contributed by atoms with van der Waals surface area (Å²) in [6.07, 6.45) is 8.43. The predicted molar refractivity (Wildman–Crippen MR) is 125 cm³/mol. The minimum Gasteiger partial charge on any atom is -0.370 e. The fourth-order valence-corrected chi connectivity index (χ4v) is 5.18. The zero-order valence-electron chi connectivity index (χ0n) is 17.2. The summed E-state index contributed by atoms with van der Waals surface area (Å²) >= 11 is 6.44. The van der Waals surface area contributed by atoms with Crippen molar-refractivity contribution in [2.75, 3.05) is 23.3 Å². The third-order valence-electron chi connectivity index (χ3n) is 5.43. The second-order valence-corrected chi connectivity index (χ2v) is 10.1. The number of nitrogens with zero attached hydrogens (tertiary/aromatic N) is 1. The van der Waals surface area contributed by atoms with Crippen LogP contribution in [0.1, 0.15) is 37.7 Å². The van der Waals surface area contributed by atoms with Crippen molar-refractivity contribution >= 4 is 45.0 Å². The molecular weight excluding hydrogens is 434 g/mol. The molecule has 1 saturated heterocycles. The number of carbonyl (C=O) groups is 1. The van der Waals surface area contributed by atoms with Crippen LogP contribution in [-0.4, -0.2) is 33.5 Å². The summed E-state index contributed by atoms with van der Waals surface area (Å²) in [4.78, 5) is 14.8. The molecule has 2 N–H and O–H groups in total. The van der Waals surface area contributed by atoms with Gasteiger partial charge in [0.15, 0.2) is 0 Å². The number of rotatable bonds is 7. The van der Waals surface area contributed by atoms with E-state index >= 15 is 0 Å². The Bertz CT molecular complexity index is 1070. The average molecular weight is 460 g/mol. The van der Waals surface area contributed by atoms with Gasteiger partial charge in [-0.3, -0.25) is 4.79 Å². The molecule has 0 spiro atoms. The van der Waals surface area contributed by atoms with E-state index in [0.717, 1.165) is 37.2 Å². The summed E-state index contributed by atoms with van der Waals surface area (Å²) in [5, 5.41) is 3.44. The van der Waals surface area contributed by atoms with Crippen LogP contribution >= 0.6 is 11.6 Å². The Hall–Kier alpha value is -2.35. The fourth-order valence-electron chi connectivity index (χ4n) is 3.58. The minimum atomic E-state index is -3.47. The summed E-state index contributed by atoms with van der Waals surface area (Å²) in [6.45, 7) is 2.01. The van der Waals surface area contributed by atoms with Gasteiger partial charge >= 0.3 is 0 Å². The van der Waals surface area contributed by atoms with E-state index in [-0.39, 0.29) is 16.8 Å². The van der Waals surface area contributed by atoms with Crippen molar-refractivity contribution in [3.05, 3.63) is 59.1 Å². The minimum absolute atomic E-state index is 0.0655. The van der Waals surface area contributed by atoms with Crippen molar-refractivity contribution in [1.29, 1.82) is 0 Å². The Morgan fingerprint density at radius 1 is 1.03 bits per heavy atom. The Balaban J connectivity index is 1.35. The maximum absolute atomic E-state index is 12.3. The van der Waals surface area contributed by atoms with E-state index in [0.29, 0.717) is 10.7 Å². The van der Waals surface area contributed by atoms with Gasteiger partial charge in [0, 0.05) is 30.9 Å². The van der Waals surface area contributed by atoms with Gasteiger partial charge in [0.05, 0.1) is 15.6 Å². The van der Waals surface area contributed by atoms with Crippen molar-refractivity contribution in [2.24, 2.45) is 0 Å². The molecule has 2 aromatic rings. The SMILES string of the molecule is O=C(/C=C/c1ccc(S(=O)(=O)NC2CC2)cc1)Nc1ccc(N2CCCCC2)c(Cl)c1. The third kappa shape index (κ3) is 5.87. The lowest BCUT2D eigenvalue weighted by atomic mass is 10.1. The molecule has 1 aliphatic carbocycles. The van der Waals surface area contributed by atoms with Crippen LogP contribution in [-0.2, 0) is 14.8 Å². The van der Waals surface area contributed by atoms with Crippen molar-refractivity contribution in [2.45, 2.75) is 43.0 Å². The normalized spacial score (nSPS) is 17.1. The van der Waals surface area contributed by atoms with E-state index in [9.17, 15) is 13.2 Å². The molecule has 2 fully saturated rings. The first-order valence-corrected chi connectivity index (χ1v) is 12.4. The molecule has 4 rings (SSSR count). The molecule has 1 saturated carbocycles. The molecule has 1 aliphatic heterocycles. The van der Waals surface area contributed by atoms with Gasteiger partial charge in [0.1, 0.15) is 0 Å². The maximum atomic E-state index is 12.3. The number of nitrogens with one attached hydrogen (secondary N) is 2. The van der Waals surface area contributed by atoms with Crippen LogP contribution < -0.4 is 14.9 Å². The van der Waals surface area contributed by atoms with Crippen molar-refractivity contribution in [3.63, 3.8) is 0 Å². The first kappa shape index (κ1) is 21.9. The number of benzene rings is 2. The summed E-state index contributed by atoms with van der Waals surface area (Å²) < 4.78 is 27.1. The lowest BCUT2D eigenvalue weighted by Crippen LogP contribution is -2.29. The highest BCUT2D eigenvalue weighted by molar-refractivity contribution is 7.89. The molecule has 0 aromatic heterocycles. The number of hydrogen-bond donors (Lipinski definition) is 2. The maximum Gasteiger partial charge on any atom is 0.248 e. The number of halogens is 1. The zero-order chi connectivity index (χ0) is 21.8. The van der Waals surface area contributed by atoms with E-state index in [1.54, 1.807) is 36.4 Å². The van der Waals surface area contributed by atoms with Gasteiger partial charge in [-0.15, -0.1) is 0 Å². The topological polar surface area (TPSA) is 78.5 Å². The van der Waals surface area contributed by atoms with Gasteiger partial charge in [0.25, 0.3) is 0 Å². The smallest absolute Gasteiger partial charge is 0.248 e.